The molecule has 0 aliphatic carbocycles. The lowest BCUT2D eigenvalue weighted by Gasteiger charge is -2.08. The third-order valence-corrected chi connectivity index (χ3v) is 3.14. The summed E-state index contributed by atoms with van der Waals surface area (Å²) in [5.41, 5.74) is 0. The van der Waals surface area contributed by atoms with E-state index in [-0.39, 0.29) is 0 Å². The summed E-state index contributed by atoms with van der Waals surface area (Å²) in [5.74, 6) is 1.55. The Labute approximate surface area is 113 Å². The molecule has 0 bridgehead atoms. The second-order valence-electron chi connectivity index (χ2n) is 4.33. The lowest BCUT2D eigenvalue weighted by atomic mass is 10.2. The fourth-order valence-corrected chi connectivity index (χ4v) is 2.11. The van der Waals surface area contributed by atoms with E-state index in [0.29, 0.717) is 5.92 Å². The Balaban J connectivity index is 2.22. The highest BCUT2D eigenvalue weighted by Gasteiger charge is 2.06. The average molecular weight is 273 g/mol. The van der Waals surface area contributed by atoms with E-state index < -0.39 is 0 Å². The Morgan fingerprint density at radius 1 is 1.44 bits per heavy atom. The van der Waals surface area contributed by atoms with Crippen molar-refractivity contribution in [3.05, 3.63) is 0 Å². The third-order valence-electron chi connectivity index (χ3n) is 2.21. The fraction of sp³-hybridized carbons (Fsp3) is 0.909. The Hall–Kier alpha value is -0.660. The monoisotopic (exact) mass is 273 g/mol. The minimum absolute atomic E-state index is 0.666. The summed E-state index contributed by atoms with van der Waals surface area (Å²) in [4.78, 5) is 0. The van der Waals surface area contributed by atoms with Gasteiger partial charge in [-0.3, -0.25) is 0 Å². The number of nitrogens with one attached hydrogen (secondary N) is 1. The molecule has 0 radical (unpaired) electrons. The molecule has 6 nitrogen and oxygen atoms in total. The van der Waals surface area contributed by atoms with E-state index >= 15 is 0 Å². The molecular formula is C11H23N5OS. The van der Waals surface area contributed by atoms with Crippen LogP contribution in [0.15, 0.2) is 5.16 Å². The molecule has 0 atom stereocenters. The molecule has 1 aromatic rings. The van der Waals surface area contributed by atoms with E-state index in [1.54, 1.807) is 11.8 Å². The van der Waals surface area contributed by atoms with E-state index in [2.05, 4.69) is 34.7 Å². The lowest BCUT2D eigenvalue weighted by molar-refractivity contribution is 0.164. The van der Waals surface area contributed by atoms with Crippen LogP contribution in [-0.4, -0.2) is 52.3 Å². The highest BCUT2D eigenvalue weighted by atomic mass is 32.2. The van der Waals surface area contributed by atoms with Gasteiger partial charge in [-0.15, -0.1) is 5.10 Å². The molecule has 0 amide bonds. The second-order valence-corrected chi connectivity index (χ2v) is 5.39. The zero-order chi connectivity index (χ0) is 13.2. The van der Waals surface area contributed by atoms with Gasteiger partial charge in [0.05, 0.1) is 13.2 Å². The van der Waals surface area contributed by atoms with Crippen molar-refractivity contribution >= 4 is 11.8 Å². The van der Waals surface area contributed by atoms with Crippen LogP contribution in [0.2, 0.25) is 0 Å². The van der Waals surface area contributed by atoms with Crippen LogP contribution in [0.1, 0.15) is 20.8 Å². The SMILES string of the molecule is CCOCCSc1nnnn1CCNCC(C)C. The zero-order valence-corrected chi connectivity index (χ0v) is 12.2. The van der Waals surface area contributed by atoms with Gasteiger partial charge < -0.3 is 10.1 Å². The number of thioether (sulfide) groups is 1. The van der Waals surface area contributed by atoms with Gasteiger partial charge in [-0.05, 0) is 29.8 Å². The molecule has 1 rings (SSSR count). The lowest BCUT2D eigenvalue weighted by Crippen LogP contribution is -2.24. The number of nitrogens with zero attached hydrogens (tertiary/aromatic N) is 4. The van der Waals surface area contributed by atoms with Gasteiger partial charge in [-0.2, -0.15) is 0 Å². The fourth-order valence-electron chi connectivity index (χ4n) is 1.35. The topological polar surface area (TPSA) is 64.9 Å². The van der Waals surface area contributed by atoms with Crippen molar-refractivity contribution in [1.82, 2.24) is 25.5 Å². The van der Waals surface area contributed by atoms with Crippen molar-refractivity contribution < 1.29 is 4.74 Å². The Kier molecular flexibility index (Phi) is 7.95. The van der Waals surface area contributed by atoms with Crippen molar-refractivity contribution in [2.24, 2.45) is 5.92 Å². The van der Waals surface area contributed by atoms with Crippen LogP contribution < -0.4 is 5.32 Å². The predicted octanol–water partition coefficient (Wildman–Crippen LogP) is 1.05. The molecule has 0 fully saturated rings. The van der Waals surface area contributed by atoms with Gasteiger partial charge in [-0.1, -0.05) is 25.6 Å². The Bertz CT molecular complexity index is 318. The minimum Gasteiger partial charge on any atom is -0.381 e. The van der Waals surface area contributed by atoms with E-state index in [9.17, 15) is 0 Å². The quantitative estimate of drug-likeness (QED) is 0.508. The van der Waals surface area contributed by atoms with Gasteiger partial charge in [0.2, 0.25) is 5.16 Å². The number of ether oxygens (including phenoxy) is 1. The molecular weight excluding hydrogens is 250 g/mol. The van der Waals surface area contributed by atoms with Crippen LogP contribution in [0.5, 0.6) is 0 Å². The molecule has 0 spiro atoms. The number of hydrogen-bond donors (Lipinski definition) is 1. The summed E-state index contributed by atoms with van der Waals surface area (Å²) in [6.45, 7) is 10.6. The average Bonchev–Trinajstić information content (AvgIpc) is 2.78. The van der Waals surface area contributed by atoms with Crippen molar-refractivity contribution in [3.8, 4) is 0 Å². The largest absolute Gasteiger partial charge is 0.381 e. The number of rotatable bonds is 10. The van der Waals surface area contributed by atoms with Crippen LogP contribution in [0.4, 0.5) is 0 Å². The van der Waals surface area contributed by atoms with Crippen LogP contribution in [-0.2, 0) is 11.3 Å². The first-order chi connectivity index (χ1) is 8.74. The molecule has 1 aromatic heterocycles. The highest BCUT2D eigenvalue weighted by Crippen LogP contribution is 2.12. The van der Waals surface area contributed by atoms with Crippen molar-refractivity contribution in [2.75, 3.05) is 32.1 Å². The van der Waals surface area contributed by atoms with Gasteiger partial charge in [0.1, 0.15) is 0 Å². The smallest absolute Gasteiger partial charge is 0.209 e. The normalized spacial score (nSPS) is 11.3. The molecule has 0 aliphatic heterocycles. The predicted molar refractivity (Wildman–Crippen MR) is 72.7 cm³/mol. The van der Waals surface area contributed by atoms with Crippen molar-refractivity contribution in [1.29, 1.82) is 0 Å². The van der Waals surface area contributed by atoms with Gasteiger partial charge in [0.15, 0.2) is 0 Å². The maximum Gasteiger partial charge on any atom is 0.209 e. The van der Waals surface area contributed by atoms with Crippen LogP contribution in [0, 0.1) is 5.92 Å². The molecule has 104 valence electrons. The van der Waals surface area contributed by atoms with Crippen LogP contribution >= 0.6 is 11.8 Å². The summed E-state index contributed by atoms with van der Waals surface area (Å²) >= 11 is 1.63. The third kappa shape index (κ3) is 6.32. The molecule has 1 N–H and O–H groups in total. The molecule has 0 saturated heterocycles. The summed E-state index contributed by atoms with van der Waals surface area (Å²) in [5, 5.41) is 15.9. The molecule has 0 aromatic carbocycles. The standard InChI is InChI=1S/C11H23N5OS/c1-4-17-7-8-18-11-13-14-15-16(11)6-5-12-9-10(2)3/h10,12H,4-9H2,1-3H3. The number of tetrazole rings is 1. The molecule has 7 heteroatoms. The molecule has 0 aliphatic rings. The van der Waals surface area contributed by atoms with E-state index in [1.165, 1.54) is 0 Å². The number of aromatic nitrogens is 4. The highest BCUT2D eigenvalue weighted by molar-refractivity contribution is 7.99. The van der Waals surface area contributed by atoms with E-state index in [1.807, 2.05) is 11.6 Å². The maximum absolute atomic E-state index is 5.29. The summed E-state index contributed by atoms with van der Waals surface area (Å²) < 4.78 is 7.12. The molecule has 0 unspecified atom stereocenters. The first kappa shape index (κ1) is 15.4. The van der Waals surface area contributed by atoms with Gasteiger partial charge in [0.25, 0.3) is 0 Å². The van der Waals surface area contributed by atoms with Gasteiger partial charge in [0, 0.05) is 18.9 Å². The maximum atomic E-state index is 5.29. The summed E-state index contributed by atoms with van der Waals surface area (Å²) in [6.07, 6.45) is 0. The van der Waals surface area contributed by atoms with Crippen LogP contribution in [0.3, 0.4) is 0 Å². The summed E-state index contributed by atoms with van der Waals surface area (Å²) in [7, 11) is 0. The number of hydrogen-bond acceptors (Lipinski definition) is 6. The first-order valence-electron chi connectivity index (χ1n) is 6.41. The Morgan fingerprint density at radius 2 is 2.28 bits per heavy atom. The summed E-state index contributed by atoms with van der Waals surface area (Å²) in [6, 6.07) is 0. The van der Waals surface area contributed by atoms with Crippen LogP contribution in [0.25, 0.3) is 0 Å². The van der Waals surface area contributed by atoms with Gasteiger partial charge in [-0.25, -0.2) is 4.68 Å². The van der Waals surface area contributed by atoms with Gasteiger partial charge >= 0.3 is 0 Å². The molecule has 0 saturated carbocycles. The van der Waals surface area contributed by atoms with Crippen molar-refractivity contribution in [3.63, 3.8) is 0 Å². The molecule has 1 heterocycles. The zero-order valence-electron chi connectivity index (χ0n) is 11.4. The molecule has 18 heavy (non-hydrogen) atoms. The second kappa shape index (κ2) is 9.29. The van der Waals surface area contributed by atoms with E-state index in [4.69, 9.17) is 4.74 Å². The van der Waals surface area contributed by atoms with E-state index in [0.717, 1.165) is 43.8 Å². The van der Waals surface area contributed by atoms with Crippen molar-refractivity contribution in [2.45, 2.75) is 32.5 Å². The Morgan fingerprint density at radius 3 is 3.00 bits per heavy atom. The minimum atomic E-state index is 0.666. The first-order valence-corrected chi connectivity index (χ1v) is 7.40.